The van der Waals surface area contributed by atoms with Gasteiger partial charge in [0.2, 0.25) is 0 Å². The van der Waals surface area contributed by atoms with Gasteiger partial charge in [-0.05, 0) is 72.8 Å². The van der Waals surface area contributed by atoms with E-state index in [0.717, 1.165) is 22.3 Å². The largest absolute Gasteiger partial charge is 0.452 e. The van der Waals surface area contributed by atoms with Crippen molar-refractivity contribution in [1.29, 1.82) is 0 Å². The zero-order valence-corrected chi connectivity index (χ0v) is 16.4. The van der Waals surface area contributed by atoms with Crippen LogP contribution in [-0.2, 0) is 9.53 Å². The van der Waals surface area contributed by atoms with Crippen LogP contribution in [0, 0.1) is 3.57 Å². The second-order valence-electron chi connectivity index (χ2n) is 5.32. The second-order valence-corrected chi connectivity index (χ2v) is 6.49. The number of amides is 1. The van der Waals surface area contributed by atoms with Gasteiger partial charge in [-0.25, -0.2) is 4.79 Å². The van der Waals surface area contributed by atoms with Crippen molar-refractivity contribution in [3.05, 3.63) is 57.7 Å². The van der Waals surface area contributed by atoms with Crippen LogP contribution in [0.1, 0.15) is 24.2 Å². The molecule has 25 heavy (non-hydrogen) atoms. The Bertz CT molecular complexity index is 728. The van der Waals surface area contributed by atoms with Gasteiger partial charge < -0.3 is 15.0 Å². The van der Waals surface area contributed by atoms with E-state index in [1.807, 2.05) is 36.4 Å². The number of halogens is 1. The lowest BCUT2D eigenvalue weighted by molar-refractivity contribution is -0.119. The van der Waals surface area contributed by atoms with Crippen LogP contribution in [0.25, 0.3) is 0 Å². The second kappa shape index (κ2) is 9.41. The highest BCUT2D eigenvalue weighted by Gasteiger charge is 2.13. The molecule has 0 spiro atoms. The summed E-state index contributed by atoms with van der Waals surface area (Å²) in [5, 5.41) is 2.73. The Kier molecular flexibility index (Phi) is 7.24. The molecule has 2 rings (SSSR count). The fourth-order valence-electron chi connectivity index (χ4n) is 2.38. The summed E-state index contributed by atoms with van der Waals surface area (Å²) in [6.45, 7) is 5.73. The van der Waals surface area contributed by atoms with Crippen molar-refractivity contribution in [1.82, 2.24) is 0 Å². The summed E-state index contributed by atoms with van der Waals surface area (Å²) >= 11 is 2.06. The lowest BCUT2D eigenvalue weighted by Crippen LogP contribution is -2.22. The molecule has 2 aromatic carbocycles. The Morgan fingerprint density at radius 2 is 1.68 bits per heavy atom. The topological polar surface area (TPSA) is 58.6 Å². The van der Waals surface area contributed by atoms with Crippen LogP contribution in [0.15, 0.2) is 48.5 Å². The Morgan fingerprint density at radius 3 is 2.28 bits per heavy atom. The average molecular weight is 452 g/mol. The highest BCUT2D eigenvalue weighted by molar-refractivity contribution is 14.1. The highest BCUT2D eigenvalue weighted by atomic mass is 127. The molecular formula is C19H21IN2O3. The van der Waals surface area contributed by atoms with Gasteiger partial charge in [0.25, 0.3) is 5.91 Å². The van der Waals surface area contributed by atoms with E-state index in [1.54, 1.807) is 12.1 Å². The molecule has 0 atom stereocenters. The van der Waals surface area contributed by atoms with Crippen LogP contribution in [0.3, 0.4) is 0 Å². The molecule has 1 N–H and O–H groups in total. The minimum Gasteiger partial charge on any atom is -0.452 e. The van der Waals surface area contributed by atoms with Crippen molar-refractivity contribution in [3.63, 3.8) is 0 Å². The maximum Gasteiger partial charge on any atom is 0.339 e. The van der Waals surface area contributed by atoms with Gasteiger partial charge in [0.15, 0.2) is 6.61 Å². The zero-order valence-electron chi connectivity index (χ0n) is 14.3. The first kappa shape index (κ1) is 19.2. The fourth-order valence-corrected chi connectivity index (χ4v) is 2.98. The van der Waals surface area contributed by atoms with Gasteiger partial charge in [-0.2, -0.15) is 0 Å². The molecule has 6 heteroatoms. The molecule has 0 saturated carbocycles. The standard InChI is InChI=1S/C19H21IN2O3/c1-3-22(4-2)15-11-9-14(10-12-15)21-18(23)13-25-19(24)16-7-5-6-8-17(16)20/h5-12H,3-4,13H2,1-2H3,(H,21,23). The van der Waals surface area contributed by atoms with Crippen LogP contribution in [0.4, 0.5) is 11.4 Å². The molecule has 0 saturated heterocycles. The molecule has 132 valence electrons. The Labute approximate surface area is 161 Å². The minimum atomic E-state index is -0.503. The van der Waals surface area contributed by atoms with Gasteiger partial charge in [0.05, 0.1) is 5.56 Å². The Morgan fingerprint density at radius 1 is 1.04 bits per heavy atom. The molecule has 2 aromatic rings. The van der Waals surface area contributed by atoms with E-state index in [9.17, 15) is 9.59 Å². The normalized spacial score (nSPS) is 10.2. The van der Waals surface area contributed by atoms with E-state index >= 15 is 0 Å². The SMILES string of the molecule is CCN(CC)c1ccc(NC(=O)COC(=O)c2ccccc2I)cc1. The monoisotopic (exact) mass is 452 g/mol. The number of hydrogen-bond acceptors (Lipinski definition) is 4. The van der Waals surface area contributed by atoms with Gasteiger partial charge >= 0.3 is 5.97 Å². The lowest BCUT2D eigenvalue weighted by atomic mass is 10.2. The summed E-state index contributed by atoms with van der Waals surface area (Å²) < 4.78 is 5.87. The number of ether oxygens (including phenoxy) is 1. The lowest BCUT2D eigenvalue weighted by Gasteiger charge is -2.21. The third-order valence-corrected chi connectivity index (χ3v) is 4.65. The molecule has 0 bridgehead atoms. The number of carbonyl (C=O) groups is 2. The van der Waals surface area contributed by atoms with Gasteiger partial charge in [0, 0.05) is 28.0 Å². The number of esters is 1. The average Bonchev–Trinajstić information content (AvgIpc) is 2.62. The number of carbonyl (C=O) groups excluding carboxylic acids is 2. The van der Waals surface area contributed by atoms with Crippen molar-refractivity contribution in [3.8, 4) is 0 Å². The number of rotatable bonds is 7. The Balaban J connectivity index is 1.88. The maximum atomic E-state index is 12.0. The predicted octanol–water partition coefficient (Wildman–Crippen LogP) is 3.93. The van der Waals surface area contributed by atoms with E-state index < -0.39 is 5.97 Å². The molecule has 0 fully saturated rings. The van der Waals surface area contributed by atoms with Crippen LogP contribution in [0.5, 0.6) is 0 Å². The molecule has 5 nitrogen and oxygen atoms in total. The summed E-state index contributed by atoms with van der Waals surface area (Å²) in [5.41, 5.74) is 2.24. The molecule has 0 aliphatic heterocycles. The quantitative estimate of drug-likeness (QED) is 0.511. The molecule has 0 unspecified atom stereocenters. The zero-order chi connectivity index (χ0) is 18.2. The summed E-state index contributed by atoms with van der Waals surface area (Å²) in [6, 6.07) is 14.7. The molecule has 1 amide bonds. The van der Waals surface area contributed by atoms with E-state index in [-0.39, 0.29) is 12.5 Å². The van der Waals surface area contributed by atoms with Crippen LogP contribution < -0.4 is 10.2 Å². The van der Waals surface area contributed by atoms with Crippen LogP contribution >= 0.6 is 22.6 Å². The summed E-state index contributed by atoms with van der Waals surface area (Å²) in [6.07, 6.45) is 0. The van der Waals surface area contributed by atoms with Gasteiger partial charge in [-0.1, -0.05) is 12.1 Å². The number of nitrogens with one attached hydrogen (secondary N) is 1. The van der Waals surface area contributed by atoms with Gasteiger partial charge in [0.1, 0.15) is 0 Å². The minimum absolute atomic E-state index is 0.318. The predicted molar refractivity (Wildman–Crippen MR) is 108 cm³/mol. The van der Waals surface area contributed by atoms with E-state index in [4.69, 9.17) is 4.74 Å². The van der Waals surface area contributed by atoms with Crippen LogP contribution in [-0.4, -0.2) is 31.6 Å². The summed E-state index contributed by atoms with van der Waals surface area (Å²) in [5.74, 6) is -0.869. The molecule has 0 aromatic heterocycles. The molecule has 0 heterocycles. The van der Waals surface area contributed by atoms with Crippen molar-refractivity contribution in [2.45, 2.75) is 13.8 Å². The number of anilines is 2. The first-order chi connectivity index (χ1) is 12.0. The van der Waals surface area contributed by atoms with Crippen molar-refractivity contribution in [2.24, 2.45) is 0 Å². The number of benzene rings is 2. The molecular weight excluding hydrogens is 431 g/mol. The van der Waals surface area contributed by atoms with Crippen molar-refractivity contribution in [2.75, 3.05) is 29.9 Å². The van der Waals surface area contributed by atoms with Gasteiger partial charge in [-0.15, -0.1) is 0 Å². The van der Waals surface area contributed by atoms with E-state index in [2.05, 4.69) is 46.7 Å². The molecule has 0 aliphatic carbocycles. The smallest absolute Gasteiger partial charge is 0.339 e. The van der Waals surface area contributed by atoms with E-state index in [0.29, 0.717) is 11.3 Å². The van der Waals surface area contributed by atoms with Crippen molar-refractivity contribution < 1.29 is 14.3 Å². The first-order valence-electron chi connectivity index (χ1n) is 8.11. The van der Waals surface area contributed by atoms with E-state index in [1.165, 1.54) is 0 Å². The fraction of sp³-hybridized carbons (Fsp3) is 0.263. The van der Waals surface area contributed by atoms with Crippen molar-refractivity contribution >= 4 is 45.8 Å². The van der Waals surface area contributed by atoms with Gasteiger partial charge in [-0.3, -0.25) is 4.79 Å². The first-order valence-corrected chi connectivity index (χ1v) is 9.19. The maximum absolute atomic E-state index is 12.0. The number of hydrogen-bond donors (Lipinski definition) is 1. The van der Waals surface area contributed by atoms with Crippen LogP contribution in [0.2, 0.25) is 0 Å². The highest BCUT2D eigenvalue weighted by Crippen LogP contribution is 2.18. The molecule has 0 radical (unpaired) electrons. The molecule has 0 aliphatic rings. The summed E-state index contributed by atoms with van der Waals surface area (Å²) in [7, 11) is 0. The number of nitrogens with zero attached hydrogens (tertiary/aromatic N) is 1. The summed E-state index contributed by atoms with van der Waals surface area (Å²) in [4.78, 5) is 26.2. The third kappa shape index (κ3) is 5.45. The third-order valence-electron chi connectivity index (χ3n) is 3.71. The Hall–Kier alpha value is -2.09.